The summed E-state index contributed by atoms with van der Waals surface area (Å²) in [5.41, 5.74) is 0. The van der Waals surface area contributed by atoms with E-state index in [0.717, 1.165) is 31.0 Å². The standard InChI is InChI=1S/C10H17NO4S/c12-7-11-9(10(13)14)3-5-16-6-8-2-1-4-15-8/h7-9H,1-6H2,(H,11,12)(H,13,14). The van der Waals surface area contributed by atoms with E-state index in [2.05, 4.69) is 5.32 Å². The summed E-state index contributed by atoms with van der Waals surface area (Å²) in [6.45, 7) is 0.843. The summed E-state index contributed by atoms with van der Waals surface area (Å²) in [5.74, 6) is 0.648. The van der Waals surface area contributed by atoms with Gasteiger partial charge in [0.1, 0.15) is 6.04 Å². The number of ether oxygens (including phenoxy) is 1. The number of carbonyl (C=O) groups excluding carboxylic acids is 1. The molecule has 1 amide bonds. The van der Waals surface area contributed by atoms with Crippen molar-refractivity contribution in [2.45, 2.75) is 31.4 Å². The van der Waals surface area contributed by atoms with Crippen LogP contribution >= 0.6 is 11.8 Å². The number of carboxylic acids is 1. The second kappa shape index (κ2) is 7.51. The Hall–Kier alpha value is -0.750. The first-order valence-corrected chi connectivity index (χ1v) is 6.51. The summed E-state index contributed by atoms with van der Waals surface area (Å²) < 4.78 is 5.45. The first-order valence-electron chi connectivity index (χ1n) is 5.36. The predicted molar refractivity (Wildman–Crippen MR) is 61.5 cm³/mol. The van der Waals surface area contributed by atoms with Crippen LogP contribution in [0.5, 0.6) is 0 Å². The minimum atomic E-state index is -0.982. The molecule has 0 aromatic rings. The number of aliphatic carboxylic acids is 1. The Labute approximate surface area is 98.9 Å². The molecule has 0 bridgehead atoms. The van der Waals surface area contributed by atoms with Gasteiger partial charge in [0.2, 0.25) is 6.41 Å². The average Bonchev–Trinajstić information content (AvgIpc) is 2.75. The lowest BCUT2D eigenvalue weighted by Gasteiger charge is -2.12. The number of amides is 1. The van der Waals surface area contributed by atoms with Gasteiger partial charge in [-0.1, -0.05) is 0 Å². The van der Waals surface area contributed by atoms with Crippen LogP contribution in [0.25, 0.3) is 0 Å². The van der Waals surface area contributed by atoms with Gasteiger partial charge >= 0.3 is 5.97 Å². The summed E-state index contributed by atoms with van der Waals surface area (Å²) in [5, 5.41) is 11.0. The minimum absolute atomic E-state index is 0.326. The van der Waals surface area contributed by atoms with Gasteiger partial charge in [-0.25, -0.2) is 4.79 Å². The van der Waals surface area contributed by atoms with Crippen molar-refractivity contribution in [3.63, 3.8) is 0 Å². The molecule has 0 aliphatic carbocycles. The van der Waals surface area contributed by atoms with Crippen LogP contribution in [0.1, 0.15) is 19.3 Å². The molecule has 1 heterocycles. The first kappa shape index (κ1) is 13.3. The molecule has 0 aromatic carbocycles. The number of hydrogen-bond acceptors (Lipinski definition) is 4. The summed E-state index contributed by atoms with van der Waals surface area (Å²) in [6, 6.07) is -0.769. The molecule has 1 rings (SSSR count). The van der Waals surface area contributed by atoms with E-state index in [1.54, 1.807) is 11.8 Å². The molecule has 5 nitrogen and oxygen atoms in total. The number of nitrogens with one attached hydrogen (secondary N) is 1. The molecule has 1 aliphatic heterocycles. The summed E-state index contributed by atoms with van der Waals surface area (Å²) in [7, 11) is 0. The number of thioether (sulfide) groups is 1. The largest absolute Gasteiger partial charge is 0.480 e. The van der Waals surface area contributed by atoms with E-state index in [4.69, 9.17) is 9.84 Å². The highest BCUT2D eigenvalue weighted by molar-refractivity contribution is 7.99. The maximum Gasteiger partial charge on any atom is 0.326 e. The second-order valence-corrected chi connectivity index (χ2v) is 4.82. The third-order valence-corrected chi connectivity index (χ3v) is 3.58. The Morgan fingerprint density at radius 3 is 3.06 bits per heavy atom. The van der Waals surface area contributed by atoms with Gasteiger partial charge in [0.15, 0.2) is 0 Å². The maximum atomic E-state index is 10.7. The van der Waals surface area contributed by atoms with Gasteiger partial charge in [0, 0.05) is 12.4 Å². The molecule has 1 fully saturated rings. The van der Waals surface area contributed by atoms with Crippen molar-refractivity contribution in [2.75, 3.05) is 18.1 Å². The molecular weight excluding hydrogens is 230 g/mol. The van der Waals surface area contributed by atoms with E-state index in [9.17, 15) is 9.59 Å². The zero-order chi connectivity index (χ0) is 11.8. The molecule has 0 spiro atoms. The lowest BCUT2D eigenvalue weighted by molar-refractivity contribution is -0.140. The van der Waals surface area contributed by atoms with Gasteiger partial charge in [-0.2, -0.15) is 11.8 Å². The average molecular weight is 247 g/mol. The van der Waals surface area contributed by atoms with Crippen LogP contribution in [0.15, 0.2) is 0 Å². The van der Waals surface area contributed by atoms with E-state index in [1.807, 2.05) is 0 Å². The molecule has 0 saturated carbocycles. The molecule has 92 valence electrons. The van der Waals surface area contributed by atoms with E-state index < -0.39 is 12.0 Å². The fourth-order valence-corrected chi connectivity index (χ4v) is 2.65. The lowest BCUT2D eigenvalue weighted by Crippen LogP contribution is -2.36. The molecule has 2 N–H and O–H groups in total. The van der Waals surface area contributed by atoms with Crippen LogP contribution in [0.3, 0.4) is 0 Å². The fraction of sp³-hybridized carbons (Fsp3) is 0.800. The number of hydrogen-bond donors (Lipinski definition) is 2. The van der Waals surface area contributed by atoms with Gasteiger partial charge in [0.05, 0.1) is 6.10 Å². The maximum absolute atomic E-state index is 10.7. The Bertz CT molecular complexity index is 231. The SMILES string of the molecule is O=CNC(CCSCC1CCCO1)C(=O)O. The molecule has 0 aromatic heterocycles. The molecule has 16 heavy (non-hydrogen) atoms. The number of carboxylic acid groups (broad SMARTS) is 1. The smallest absolute Gasteiger partial charge is 0.326 e. The third kappa shape index (κ3) is 4.85. The van der Waals surface area contributed by atoms with Crippen LogP contribution in [0.2, 0.25) is 0 Å². The molecular formula is C10H17NO4S. The van der Waals surface area contributed by atoms with Crippen LogP contribution in [0.4, 0.5) is 0 Å². The summed E-state index contributed by atoms with van der Waals surface area (Å²) in [4.78, 5) is 20.8. The Morgan fingerprint density at radius 2 is 2.50 bits per heavy atom. The topological polar surface area (TPSA) is 75.6 Å². The fourth-order valence-electron chi connectivity index (χ4n) is 1.55. The zero-order valence-electron chi connectivity index (χ0n) is 9.05. The quantitative estimate of drug-likeness (QED) is 0.482. The normalized spacial score (nSPS) is 21.6. The van der Waals surface area contributed by atoms with Gasteiger partial charge in [0.25, 0.3) is 0 Å². The Balaban J connectivity index is 2.07. The van der Waals surface area contributed by atoms with Crippen molar-refractivity contribution in [3.05, 3.63) is 0 Å². The highest BCUT2D eigenvalue weighted by Crippen LogP contribution is 2.17. The van der Waals surface area contributed by atoms with Gasteiger partial charge in [-0.15, -0.1) is 0 Å². The highest BCUT2D eigenvalue weighted by atomic mass is 32.2. The van der Waals surface area contributed by atoms with E-state index in [1.165, 1.54) is 0 Å². The van der Waals surface area contributed by atoms with Crippen LogP contribution in [-0.4, -0.2) is 47.7 Å². The van der Waals surface area contributed by atoms with E-state index in [0.29, 0.717) is 18.9 Å². The zero-order valence-corrected chi connectivity index (χ0v) is 9.87. The van der Waals surface area contributed by atoms with Crippen LogP contribution in [0, 0.1) is 0 Å². The van der Waals surface area contributed by atoms with Crippen molar-refractivity contribution >= 4 is 24.1 Å². The molecule has 1 aliphatic rings. The monoisotopic (exact) mass is 247 g/mol. The predicted octanol–water partition coefficient (Wildman–Crippen LogP) is 0.488. The second-order valence-electron chi connectivity index (χ2n) is 3.67. The number of rotatable bonds is 8. The Morgan fingerprint density at radius 1 is 1.69 bits per heavy atom. The van der Waals surface area contributed by atoms with Gasteiger partial charge < -0.3 is 15.2 Å². The summed E-state index contributed by atoms with van der Waals surface area (Å²) >= 11 is 1.68. The van der Waals surface area contributed by atoms with E-state index >= 15 is 0 Å². The highest BCUT2D eigenvalue weighted by Gasteiger charge is 2.17. The van der Waals surface area contributed by atoms with Crippen molar-refractivity contribution in [3.8, 4) is 0 Å². The van der Waals surface area contributed by atoms with Crippen molar-refractivity contribution in [2.24, 2.45) is 0 Å². The van der Waals surface area contributed by atoms with Crippen molar-refractivity contribution in [1.29, 1.82) is 0 Å². The Kier molecular flexibility index (Phi) is 6.25. The molecule has 2 atom stereocenters. The van der Waals surface area contributed by atoms with Crippen molar-refractivity contribution in [1.82, 2.24) is 5.32 Å². The van der Waals surface area contributed by atoms with Crippen molar-refractivity contribution < 1.29 is 19.4 Å². The molecule has 1 saturated heterocycles. The number of carbonyl (C=O) groups is 2. The molecule has 0 radical (unpaired) electrons. The third-order valence-electron chi connectivity index (χ3n) is 2.45. The summed E-state index contributed by atoms with van der Waals surface area (Å²) in [6.07, 6.45) is 3.43. The van der Waals surface area contributed by atoms with Gasteiger partial charge in [-0.3, -0.25) is 4.79 Å². The molecule has 2 unspecified atom stereocenters. The van der Waals surface area contributed by atoms with Crippen LogP contribution < -0.4 is 5.32 Å². The first-order chi connectivity index (χ1) is 7.74. The molecule has 6 heteroatoms. The minimum Gasteiger partial charge on any atom is -0.480 e. The van der Waals surface area contributed by atoms with Crippen LogP contribution in [-0.2, 0) is 14.3 Å². The lowest BCUT2D eigenvalue weighted by atomic mass is 10.2. The van der Waals surface area contributed by atoms with E-state index in [-0.39, 0.29) is 0 Å². The van der Waals surface area contributed by atoms with Gasteiger partial charge in [-0.05, 0) is 25.0 Å².